The maximum Gasteiger partial charge on any atom is 0.279 e. The van der Waals surface area contributed by atoms with Crippen LogP contribution in [0.5, 0.6) is 0 Å². The summed E-state index contributed by atoms with van der Waals surface area (Å²) in [5.41, 5.74) is 1.63. The van der Waals surface area contributed by atoms with E-state index < -0.39 is 0 Å². The number of carbonyl (C=O) groups excluding carboxylic acids is 3. The number of halogens is 1. The minimum absolute atomic E-state index is 0.107. The number of anilines is 2. The van der Waals surface area contributed by atoms with E-state index in [0.717, 1.165) is 9.37 Å². The highest BCUT2D eigenvalue weighted by Crippen LogP contribution is 2.20. The molecule has 2 aromatic carbocycles. The maximum absolute atomic E-state index is 12.2. The first-order valence-electron chi connectivity index (χ1n) is 8.12. The number of benzene rings is 2. The second kappa shape index (κ2) is 9.26. The molecule has 6 nitrogen and oxygen atoms in total. The molecule has 136 valence electrons. The quantitative estimate of drug-likeness (QED) is 0.599. The third-order valence-corrected chi connectivity index (χ3v) is 4.34. The molecule has 0 aliphatic rings. The fraction of sp³-hybridized carbons (Fsp3) is 0.211. The van der Waals surface area contributed by atoms with Crippen molar-refractivity contribution in [3.8, 4) is 0 Å². The van der Waals surface area contributed by atoms with Gasteiger partial charge in [-0.05, 0) is 47.1 Å². The molecule has 0 bridgehead atoms. The van der Waals surface area contributed by atoms with Gasteiger partial charge in [0, 0.05) is 10.0 Å². The summed E-state index contributed by atoms with van der Waals surface area (Å²) in [7, 11) is 1.76. The van der Waals surface area contributed by atoms with Gasteiger partial charge in [-0.1, -0.05) is 24.3 Å². The SMILES string of the molecule is CC(=O)c1ccccc1NC(=O)C[NH+](C)CC(=O)Nc1ccccc1Br. The number of amides is 2. The van der Waals surface area contributed by atoms with Crippen molar-refractivity contribution >= 4 is 44.9 Å². The molecule has 26 heavy (non-hydrogen) atoms. The first-order chi connectivity index (χ1) is 12.4. The van der Waals surface area contributed by atoms with Gasteiger partial charge in [0.05, 0.1) is 18.4 Å². The van der Waals surface area contributed by atoms with E-state index in [9.17, 15) is 14.4 Å². The van der Waals surface area contributed by atoms with Crippen molar-refractivity contribution in [1.82, 2.24) is 0 Å². The Morgan fingerprint density at radius 3 is 1.96 bits per heavy atom. The Bertz CT molecular complexity index is 823. The number of Topliss-reactive ketones (excluding diaryl/α,β-unsaturated/α-hetero) is 1. The predicted molar refractivity (Wildman–Crippen MR) is 104 cm³/mol. The Balaban J connectivity index is 1.88. The van der Waals surface area contributed by atoms with Gasteiger partial charge in [-0.2, -0.15) is 0 Å². The normalized spacial score (nSPS) is 11.5. The van der Waals surface area contributed by atoms with E-state index in [1.807, 2.05) is 18.2 Å². The van der Waals surface area contributed by atoms with Crippen molar-refractivity contribution in [2.45, 2.75) is 6.92 Å². The molecule has 0 saturated heterocycles. The van der Waals surface area contributed by atoms with Crippen LogP contribution in [0.2, 0.25) is 0 Å². The number of carbonyl (C=O) groups is 3. The van der Waals surface area contributed by atoms with Crippen LogP contribution < -0.4 is 15.5 Å². The van der Waals surface area contributed by atoms with E-state index in [2.05, 4.69) is 26.6 Å². The van der Waals surface area contributed by atoms with Gasteiger partial charge in [0.1, 0.15) is 0 Å². The molecule has 7 heteroatoms. The minimum atomic E-state index is -0.259. The third-order valence-electron chi connectivity index (χ3n) is 3.65. The van der Waals surface area contributed by atoms with Crippen molar-refractivity contribution in [3.05, 3.63) is 58.6 Å². The molecule has 0 saturated carbocycles. The molecule has 0 aromatic heterocycles. The van der Waals surface area contributed by atoms with Crippen LogP contribution in [0.1, 0.15) is 17.3 Å². The zero-order chi connectivity index (χ0) is 19.1. The number of quaternary nitrogens is 1. The summed E-state index contributed by atoms with van der Waals surface area (Å²) in [5, 5.41) is 5.54. The molecule has 0 aliphatic carbocycles. The number of nitrogens with one attached hydrogen (secondary N) is 3. The summed E-state index contributed by atoms with van der Waals surface area (Å²) in [4.78, 5) is 36.7. The van der Waals surface area contributed by atoms with Crippen LogP contribution in [0.3, 0.4) is 0 Å². The van der Waals surface area contributed by atoms with Gasteiger partial charge in [-0.3, -0.25) is 14.4 Å². The number of rotatable bonds is 7. The van der Waals surface area contributed by atoms with E-state index in [4.69, 9.17) is 0 Å². The van der Waals surface area contributed by atoms with Crippen molar-refractivity contribution in [3.63, 3.8) is 0 Å². The second-order valence-corrected chi connectivity index (χ2v) is 6.84. The first-order valence-corrected chi connectivity index (χ1v) is 8.91. The van der Waals surface area contributed by atoms with Gasteiger partial charge in [0.2, 0.25) is 0 Å². The summed E-state index contributed by atoms with van der Waals surface area (Å²) in [6, 6.07) is 14.2. The zero-order valence-electron chi connectivity index (χ0n) is 14.6. The summed E-state index contributed by atoms with van der Waals surface area (Å²) in [5.74, 6) is -0.564. The lowest BCUT2D eigenvalue weighted by Crippen LogP contribution is -3.11. The molecule has 0 radical (unpaired) electrons. The van der Waals surface area contributed by atoms with Crippen molar-refractivity contribution in [1.29, 1.82) is 0 Å². The largest absolute Gasteiger partial charge is 0.322 e. The van der Waals surface area contributed by atoms with Gasteiger partial charge in [0.15, 0.2) is 18.9 Å². The molecule has 3 N–H and O–H groups in total. The monoisotopic (exact) mass is 418 g/mol. The second-order valence-electron chi connectivity index (χ2n) is 5.99. The van der Waals surface area contributed by atoms with Gasteiger partial charge < -0.3 is 15.5 Å². The van der Waals surface area contributed by atoms with Crippen molar-refractivity contribution in [2.24, 2.45) is 0 Å². The van der Waals surface area contributed by atoms with Crippen LogP contribution >= 0.6 is 15.9 Å². The van der Waals surface area contributed by atoms with Crippen LogP contribution in [0.25, 0.3) is 0 Å². The molecule has 0 fully saturated rings. The molecule has 2 rings (SSSR count). The number of hydrogen-bond acceptors (Lipinski definition) is 3. The molecule has 2 amide bonds. The Labute approximate surface area is 160 Å². The van der Waals surface area contributed by atoms with Gasteiger partial charge in [-0.15, -0.1) is 0 Å². The molecule has 0 heterocycles. The van der Waals surface area contributed by atoms with Crippen molar-refractivity contribution < 1.29 is 19.3 Å². The van der Waals surface area contributed by atoms with Crippen LogP contribution in [-0.4, -0.2) is 37.7 Å². The van der Waals surface area contributed by atoms with Crippen LogP contribution in [0, 0.1) is 0 Å². The number of para-hydroxylation sites is 2. The van der Waals surface area contributed by atoms with E-state index in [-0.39, 0.29) is 30.7 Å². The third kappa shape index (κ3) is 5.79. The van der Waals surface area contributed by atoms with Crippen LogP contribution in [0.4, 0.5) is 11.4 Å². The average molecular weight is 419 g/mol. The molecule has 0 aliphatic heterocycles. The summed E-state index contributed by atoms with van der Waals surface area (Å²) in [6.07, 6.45) is 0. The average Bonchev–Trinajstić information content (AvgIpc) is 2.56. The number of hydrogen-bond donors (Lipinski definition) is 3. The number of ketones is 1. The lowest BCUT2D eigenvalue weighted by Gasteiger charge is -2.15. The predicted octanol–water partition coefficient (Wildman–Crippen LogP) is 1.74. The maximum atomic E-state index is 12.2. The molecule has 0 spiro atoms. The fourth-order valence-electron chi connectivity index (χ4n) is 2.46. The Morgan fingerprint density at radius 1 is 0.885 bits per heavy atom. The molecule has 1 atom stereocenters. The smallest absolute Gasteiger partial charge is 0.279 e. The zero-order valence-corrected chi connectivity index (χ0v) is 16.2. The fourth-order valence-corrected chi connectivity index (χ4v) is 2.85. The van der Waals surface area contributed by atoms with Crippen LogP contribution in [0.15, 0.2) is 53.0 Å². The van der Waals surface area contributed by atoms with E-state index in [1.54, 1.807) is 37.4 Å². The molecular formula is C19H21BrN3O3+. The first kappa shape index (κ1) is 19.8. The summed E-state index contributed by atoms with van der Waals surface area (Å²) in [6.45, 7) is 1.70. The highest BCUT2D eigenvalue weighted by Gasteiger charge is 2.16. The van der Waals surface area contributed by atoms with Gasteiger partial charge in [-0.25, -0.2) is 0 Å². The van der Waals surface area contributed by atoms with E-state index >= 15 is 0 Å². The lowest BCUT2D eigenvalue weighted by molar-refractivity contribution is -0.862. The van der Waals surface area contributed by atoms with Crippen LogP contribution in [-0.2, 0) is 9.59 Å². The minimum Gasteiger partial charge on any atom is -0.322 e. The highest BCUT2D eigenvalue weighted by molar-refractivity contribution is 9.10. The molecule has 2 aromatic rings. The van der Waals surface area contributed by atoms with Gasteiger partial charge in [0.25, 0.3) is 11.8 Å². The van der Waals surface area contributed by atoms with Crippen molar-refractivity contribution in [2.75, 3.05) is 30.8 Å². The van der Waals surface area contributed by atoms with E-state index in [0.29, 0.717) is 16.9 Å². The Hall–Kier alpha value is -2.51. The van der Waals surface area contributed by atoms with Gasteiger partial charge >= 0.3 is 0 Å². The highest BCUT2D eigenvalue weighted by atomic mass is 79.9. The summed E-state index contributed by atoms with van der Waals surface area (Å²) < 4.78 is 0.796. The van der Waals surface area contributed by atoms with E-state index in [1.165, 1.54) is 6.92 Å². The Kier molecular flexibility index (Phi) is 7.06. The summed E-state index contributed by atoms with van der Waals surface area (Å²) >= 11 is 3.37. The lowest BCUT2D eigenvalue weighted by atomic mass is 10.1. The topological polar surface area (TPSA) is 79.7 Å². The standard InChI is InChI=1S/C19H20BrN3O3/c1-13(24)14-7-3-5-9-16(14)21-18(25)11-23(2)12-19(26)22-17-10-6-4-8-15(17)20/h3-10H,11-12H2,1-2H3,(H,21,25)(H,22,26)/p+1. The molecule has 1 unspecified atom stereocenters. The Morgan fingerprint density at radius 2 is 1.38 bits per heavy atom. The number of likely N-dealkylation sites (N-methyl/N-ethyl adjacent to an activating group) is 1. The molecular weight excluding hydrogens is 398 g/mol.